The summed E-state index contributed by atoms with van der Waals surface area (Å²) in [5.41, 5.74) is 6.87. The summed E-state index contributed by atoms with van der Waals surface area (Å²) in [6.07, 6.45) is 6.22. The number of rotatable bonds is 2. The lowest BCUT2D eigenvalue weighted by atomic mass is 9.64. The molecule has 2 N–H and O–H groups in total. The highest BCUT2D eigenvalue weighted by Crippen LogP contribution is 2.46. The first-order valence-corrected chi connectivity index (χ1v) is 6.61. The van der Waals surface area contributed by atoms with Crippen LogP contribution in [0.15, 0.2) is 4.99 Å². The quantitative estimate of drug-likeness (QED) is 0.564. The average molecular weight is 222 g/mol. The fraction of sp³-hybridized carbons (Fsp3) is 0.929. The Morgan fingerprint density at radius 3 is 2.00 bits per heavy atom. The molecule has 0 aliphatic heterocycles. The van der Waals surface area contributed by atoms with E-state index >= 15 is 0 Å². The molecule has 0 aromatic carbocycles. The number of amidine groups is 1. The molecule has 0 spiro atoms. The molecule has 2 aliphatic carbocycles. The van der Waals surface area contributed by atoms with E-state index in [1.807, 2.05) is 0 Å². The summed E-state index contributed by atoms with van der Waals surface area (Å²) >= 11 is 0. The summed E-state index contributed by atoms with van der Waals surface area (Å²) < 4.78 is 0. The zero-order chi connectivity index (χ0) is 12.0. The number of hydrogen-bond donors (Lipinski definition) is 1. The predicted molar refractivity (Wildman–Crippen MR) is 69.5 cm³/mol. The maximum absolute atomic E-state index is 6.04. The van der Waals surface area contributed by atoms with E-state index in [4.69, 9.17) is 10.7 Å². The lowest BCUT2D eigenvalue weighted by Crippen LogP contribution is -2.37. The van der Waals surface area contributed by atoms with Gasteiger partial charge in [-0.3, -0.25) is 4.99 Å². The van der Waals surface area contributed by atoms with Crippen molar-refractivity contribution < 1.29 is 0 Å². The highest BCUT2D eigenvalue weighted by molar-refractivity contribution is 5.85. The second-order valence-corrected chi connectivity index (χ2v) is 7.40. The molecule has 0 bridgehead atoms. The number of hydrogen-bond acceptors (Lipinski definition) is 1. The molecule has 2 fully saturated rings. The van der Waals surface area contributed by atoms with Gasteiger partial charge < -0.3 is 5.73 Å². The van der Waals surface area contributed by atoms with Gasteiger partial charge in [0, 0.05) is 5.92 Å². The van der Waals surface area contributed by atoms with E-state index < -0.39 is 0 Å². The first kappa shape index (κ1) is 11.9. The molecule has 2 nitrogen and oxygen atoms in total. The van der Waals surface area contributed by atoms with Gasteiger partial charge in [0.05, 0.1) is 11.9 Å². The molecule has 0 aromatic heterocycles. The normalized spacial score (nSPS) is 30.4. The Labute approximate surface area is 99.7 Å². The van der Waals surface area contributed by atoms with E-state index in [0.29, 0.717) is 22.8 Å². The molecule has 2 aliphatic rings. The van der Waals surface area contributed by atoms with Crippen molar-refractivity contribution in [2.75, 3.05) is 0 Å². The van der Waals surface area contributed by atoms with Crippen LogP contribution in [0.25, 0.3) is 0 Å². The highest BCUT2D eigenvalue weighted by Gasteiger charge is 2.39. The molecular weight excluding hydrogens is 196 g/mol. The van der Waals surface area contributed by atoms with Crippen LogP contribution in [0.2, 0.25) is 0 Å². The summed E-state index contributed by atoms with van der Waals surface area (Å²) in [6.45, 7) is 9.46. The Kier molecular flexibility index (Phi) is 2.80. The van der Waals surface area contributed by atoms with Crippen molar-refractivity contribution in [3.05, 3.63) is 0 Å². The maximum Gasteiger partial charge on any atom is 0.0971 e. The van der Waals surface area contributed by atoms with Gasteiger partial charge in [0.1, 0.15) is 0 Å². The van der Waals surface area contributed by atoms with Crippen molar-refractivity contribution in [1.82, 2.24) is 0 Å². The lowest BCUT2D eigenvalue weighted by molar-refractivity contribution is 0.0996. The topological polar surface area (TPSA) is 38.4 Å². The van der Waals surface area contributed by atoms with E-state index in [1.165, 1.54) is 32.1 Å². The smallest absolute Gasteiger partial charge is 0.0971 e. The minimum Gasteiger partial charge on any atom is -0.387 e. The van der Waals surface area contributed by atoms with Crippen LogP contribution in [-0.2, 0) is 0 Å². The third kappa shape index (κ3) is 2.99. The molecular formula is C14H26N2. The van der Waals surface area contributed by atoms with Gasteiger partial charge in [-0.2, -0.15) is 0 Å². The van der Waals surface area contributed by atoms with Crippen LogP contribution < -0.4 is 5.73 Å². The van der Waals surface area contributed by atoms with Crippen molar-refractivity contribution in [1.29, 1.82) is 0 Å². The first-order chi connectivity index (χ1) is 7.27. The molecule has 0 radical (unpaired) electrons. The van der Waals surface area contributed by atoms with Crippen LogP contribution in [-0.4, -0.2) is 11.9 Å². The van der Waals surface area contributed by atoms with E-state index in [0.717, 1.165) is 5.84 Å². The van der Waals surface area contributed by atoms with Gasteiger partial charge in [-0.1, -0.05) is 27.7 Å². The van der Waals surface area contributed by atoms with E-state index in [2.05, 4.69) is 27.7 Å². The molecule has 0 heterocycles. The minimum atomic E-state index is 0.416. The van der Waals surface area contributed by atoms with E-state index in [-0.39, 0.29) is 0 Å². The Morgan fingerprint density at radius 2 is 1.56 bits per heavy atom. The van der Waals surface area contributed by atoms with E-state index in [1.54, 1.807) is 0 Å². The van der Waals surface area contributed by atoms with Crippen molar-refractivity contribution in [2.24, 2.45) is 27.5 Å². The number of nitrogens with zero attached hydrogens (tertiary/aromatic N) is 1. The predicted octanol–water partition coefficient (Wildman–Crippen LogP) is 3.36. The maximum atomic E-state index is 6.04. The standard InChI is InChI=1S/C14H26N2/c1-13(2)7-11(8-14(3,4)9-13)16-12(15)10-5-6-10/h10-11H,5-9H2,1-4H3,(H2,15,16). The third-order valence-electron chi connectivity index (χ3n) is 3.86. The summed E-state index contributed by atoms with van der Waals surface area (Å²) in [4.78, 5) is 4.78. The minimum absolute atomic E-state index is 0.416. The Hall–Kier alpha value is -0.530. The Balaban J connectivity index is 2.06. The Bertz CT molecular complexity index is 282. The molecule has 2 heteroatoms. The molecule has 2 saturated carbocycles. The fourth-order valence-corrected chi connectivity index (χ4v) is 3.57. The van der Waals surface area contributed by atoms with E-state index in [9.17, 15) is 0 Å². The van der Waals surface area contributed by atoms with Crippen LogP contribution >= 0.6 is 0 Å². The zero-order valence-corrected chi connectivity index (χ0v) is 11.2. The number of aliphatic imine (C=N–C) groups is 1. The third-order valence-corrected chi connectivity index (χ3v) is 3.86. The average Bonchev–Trinajstić information content (AvgIpc) is 2.77. The van der Waals surface area contributed by atoms with Crippen LogP contribution in [0.1, 0.15) is 59.8 Å². The second-order valence-electron chi connectivity index (χ2n) is 7.40. The Morgan fingerprint density at radius 1 is 1.06 bits per heavy atom. The van der Waals surface area contributed by atoms with Gasteiger partial charge in [0.15, 0.2) is 0 Å². The molecule has 0 unspecified atom stereocenters. The van der Waals surface area contributed by atoms with Crippen molar-refractivity contribution >= 4 is 5.84 Å². The van der Waals surface area contributed by atoms with Crippen LogP contribution in [0.4, 0.5) is 0 Å². The monoisotopic (exact) mass is 222 g/mol. The lowest BCUT2D eigenvalue weighted by Gasteiger charge is -2.43. The van der Waals surface area contributed by atoms with Crippen LogP contribution in [0, 0.1) is 16.7 Å². The van der Waals surface area contributed by atoms with Gasteiger partial charge >= 0.3 is 0 Å². The molecule has 0 aromatic rings. The molecule has 0 saturated heterocycles. The fourth-order valence-electron chi connectivity index (χ4n) is 3.57. The van der Waals surface area contributed by atoms with Gasteiger partial charge in [0.25, 0.3) is 0 Å². The number of nitrogens with two attached hydrogens (primary N) is 1. The van der Waals surface area contributed by atoms with Gasteiger partial charge in [-0.05, 0) is 42.9 Å². The molecule has 0 amide bonds. The highest BCUT2D eigenvalue weighted by atomic mass is 14.9. The van der Waals surface area contributed by atoms with Crippen molar-refractivity contribution in [2.45, 2.75) is 65.8 Å². The van der Waals surface area contributed by atoms with Gasteiger partial charge in [-0.25, -0.2) is 0 Å². The molecule has 2 rings (SSSR count). The second kappa shape index (κ2) is 3.75. The first-order valence-electron chi connectivity index (χ1n) is 6.61. The summed E-state index contributed by atoms with van der Waals surface area (Å²) in [5, 5.41) is 0. The van der Waals surface area contributed by atoms with Gasteiger partial charge in [0.2, 0.25) is 0 Å². The van der Waals surface area contributed by atoms with Crippen LogP contribution in [0.5, 0.6) is 0 Å². The summed E-state index contributed by atoms with van der Waals surface area (Å²) in [7, 11) is 0. The largest absolute Gasteiger partial charge is 0.387 e. The van der Waals surface area contributed by atoms with Crippen molar-refractivity contribution in [3.63, 3.8) is 0 Å². The summed E-state index contributed by atoms with van der Waals surface area (Å²) in [5.74, 6) is 1.55. The molecule has 92 valence electrons. The molecule has 0 atom stereocenters. The van der Waals surface area contributed by atoms with Gasteiger partial charge in [-0.15, -0.1) is 0 Å². The molecule has 16 heavy (non-hydrogen) atoms. The van der Waals surface area contributed by atoms with Crippen LogP contribution in [0.3, 0.4) is 0 Å². The van der Waals surface area contributed by atoms with Crippen molar-refractivity contribution in [3.8, 4) is 0 Å². The zero-order valence-electron chi connectivity index (χ0n) is 11.2. The SMILES string of the molecule is CC1(C)CC(N=C(N)C2CC2)CC(C)(C)C1. The summed E-state index contributed by atoms with van der Waals surface area (Å²) in [6, 6.07) is 0.458.